The minimum absolute atomic E-state index is 0.00117. The number of aromatic nitrogens is 3. The Bertz CT molecular complexity index is 1020. The Kier molecular flexibility index (Phi) is 4.11. The fourth-order valence-electron chi connectivity index (χ4n) is 3.43. The van der Waals surface area contributed by atoms with Crippen molar-refractivity contribution in [3.8, 4) is 0 Å². The molecule has 1 aromatic carbocycles. The van der Waals surface area contributed by atoms with Gasteiger partial charge in [-0.2, -0.15) is 0 Å². The summed E-state index contributed by atoms with van der Waals surface area (Å²) in [7, 11) is 0. The molecule has 26 heavy (non-hydrogen) atoms. The molecule has 0 aliphatic carbocycles. The zero-order chi connectivity index (χ0) is 18.3. The van der Waals surface area contributed by atoms with Gasteiger partial charge in [0, 0.05) is 43.1 Å². The molecule has 0 unspecified atom stereocenters. The third kappa shape index (κ3) is 3.27. The molecule has 5 nitrogen and oxygen atoms in total. The van der Waals surface area contributed by atoms with Gasteiger partial charge in [-0.15, -0.1) is 0 Å². The lowest BCUT2D eigenvalue weighted by Crippen LogP contribution is -2.37. The highest BCUT2D eigenvalue weighted by atomic mass is 16.1. The highest BCUT2D eigenvalue weighted by Crippen LogP contribution is 2.22. The van der Waals surface area contributed by atoms with Crippen LogP contribution < -0.4 is 5.56 Å². The quantitative estimate of drug-likeness (QED) is 0.773. The molecule has 0 atom stereocenters. The molecule has 3 aromatic rings. The average Bonchev–Trinajstić information content (AvgIpc) is 2.61. The highest BCUT2D eigenvalue weighted by Gasteiger charge is 2.24. The van der Waals surface area contributed by atoms with Crippen molar-refractivity contribution in [3.63, 3.8) is 0 Å². The number of benzene rings is 1. The van der Waals surface area contributed by atoms with Crippen molar-refractivity contribution in [3.05, 3.63) is 69.5 Å². The SMILES string of the molecule is CC(C)(C)c1nc2c(c(=O)[nH]1)CN(Cc1cnc3ccccc3c1)CC2. The maximum Gasteiger partial charge on any atom is 0.255 e. The molecule has 0 fully saturated rings. The van der Waals surface area contributed by atoms with E-state index in [9.17, 15) is 4.79 Å². The van der Waals surface area contributed by atoms with Crippen molar-refractivity contribution in [1.29, 1.82) is 0 Å². The van der Waals surface area contributed by atoms with Gasteiger partial charge in [0.2, 0.25) is 0 Å². The first-order valence-electron chi connectivity index (χ1n) is 9.09. The largest absolute Gasteiger partial charge is 0.310 e. The Hall–Kier alpha value is -2.53. The standard InChI is InChI=1S/C21H24N4O/c1-21(2,3)20-23-18-8-9-25(13-16(18)19(26)24-20)12-14-10-15-6-4-5-7-17(15)22-11-14/h4-7,10-11H,8-9,12-13H2,1-3H3,(H,23,24,26). The Morgan fingerprint density at radius 3 is 2.85 bits per heavy atom. The number of nitrogens with zero attached hydrogens (tertiary/aromatic N) is 3. The van der Waals surface area contributed by atoms with E-state index in [-0.39, 0.29) is 11.0 Å². The van der Waals surface area contributed by atoms with Crippen LogP contribution in [0.4, 0.5) is 0 Å². The van der Waals surface area contributed by atoms with Crippen LogP contribution in [0.5, 0.6) is 0 Å². The van der Waals surface area contributed by atoms with E-state index in [0.29, 0.717) is 6.54 Å². The van der Waals surface area contributed by atoms with Gasteiger partial charge in [0.15, 0.2) is 0 Å². The Balaban J connectivity index is 1.57. The number of hydrogen-bond acceptors (Lipinski definition) is 4. The lowest BCUT2D eigenvalue weighted by Gasteiger charge is -2.29. The third-order valence-corrected chi connectivity index (χ3v) is 4.91. The fraction of sp³-hybridized carbons (Fsp3) is 0.381. The molecule has 1 N–H and O–H groups in total. The first kappa shape index (κ1) is 16.9. The van der Waals surface area contributed by atoms with Crippen LogP contribution in [0.2, 0.25) is 0 Å². The minimum Gasteiger partial charge on any atom is -0.310 e. The number of rotatable bonds is 2. The van der Waals surface area contributed by atoms with Gasteiger partial charge in [-0.1, -0.05) is 39.0 Å². The van der Waals surface area contributed by atoms with Crippen molar-refractivity contribution < 1.29 is 0 Å². The number of pyridine rings is 1. The third-order valence-electron chi connectivity index (χ3n) is 4.91. The summed E-state index contributed by atoms with van der Waals surface area (Å²) in [6.45, 7) is 8.53. The molecule has 134 valence electrons. The van der Waals surface area contributed by atoms with Crippen LogP contribution in [-0.4, -0.2) is 26.4 Å². The average molecular weight is 348 g/mol. The number of para-hydroxylation sites is 1. The van der Waals surface area contributed by atoms with Gasteiger partial charge in [-0.25, -0.2) is 4.98 Å². The van der Waals surface area contributed by atoms with Gasteiger partial charge in [0.1, 0.15) is 5.82 Å². The van der Waals surface area contributed by atoms with E-state index in [1.54, 1.807) is 0 Å². The van der Waals surface area contributed by atoms with Gasteiger partial charge in [-0.05, 0) is 17.7 Å². The molecule has 0 bridgehead atoms. The summed E-state index contributed by atoms with van der Waals surface area (Å²) in [6.07, 6.45) is 2.74. The number of H-pyrrole nitrogens is 1. The first-order chi connectivity index (χ1) is 12.4. The van der Waals surface area contributed by atoms with E-state index in [2.05, 4.69) is 47.8 Å². The number of fused-ring (bicyclic) bond motifs is 2. The maximum atomic E-state index is 12.6. The van der Waals surface area contributed by atoms with Crippen molar-refractivity contribution >= 4 is 10.9 Å². The van der Waals surface area contributed by atoms with Crippen LogP contribution in [-0.2, 0) is 24.9 Å². The van der Waals surface area contributed by atoms with Gasteiger partial charge < -0.3 is 4.98 Å². The molecule has 0 saturated carbocycles. The fourth-order valence-corrected chi connectivity index (χ4v) is 3.43. The van der Waals surface area contributed by atoms with Gasteiger partial charge >= 0.3 is 0 Å². The predicted molar refractivity (Wildman–Crippen MR) is 103 cm³/mol. The molecule has 0 amide bonds. The molecule has 5 heteroatoms. The molecule has 0 radical (unpaired) electrons. The maximum absolute atomic E-state index is 12.6. The summed E-state index contributed by atoms with van der Waals surface area (Å²) in [5.41, 5.74) is 3.78. The summed E-state index contributed by atoms with van der Waals surface area (Å²) in [4.78, 5) is 27.1. The second kappa shape index (κ2) is 6.32. The van der Waals surface area contributed by atoms with Gasteiger partial charge in [0.05, 0.1) is 16.8 Å². The molecule has 1 aliphatic rings. The van der Waals surface area contributed by atoms with Gasteiger partial charge in [0.25, 0.3) is 5.56 Å². The summed E-state index contributed by atoms with van der Waals surface area (Å²) in [6, 6.07) is 10.3. The van der Waals surface area contributed by atoms with Crippen molar-refractivity contribution in [1.82, 2.24) is 19.9 Å². The smallest absolute Gasteiger partial charge is 0.255 e. The van der Waals surface area contributed by atoms with E-state index < -0.39 is 0 Å². The number of aromatic amines is 1. The zero-order valence-corrected chi connectivity index (χ0v) is 15.5. The first-order valence-corrected chi connectivity index (χ1v) is 9.09. The molecule has 3 heterocycles. The highest BCUT2D eigenvalue weighted by molar-refractivity contribution is 5.78. The summed E-state index contributed by atoms with van der Waals surface area (Å²) < 4.78 is 0. The number of hydrogen-bond donors (Lipinski definition) is 1. The van der Waals surface area contributed by atoms with Crippen molar-refractivity contribution in [2.75, 3.05) is 6.54 Å². The van der Waals surface area contributed by atoms with E-state index in [1.807, 2.05) is 24.4 Å². The monoisotopic (exact) mass is 348 g/mol. The molecule has 4 rings (SSSR count). The normalized spacial score (nSPS) is 15.2. The van der Waals surface area contributed by atoms with E-state index in [4.69, 9.17) is 4.98 Å². The molecular formula is C21H24N4O. The molecule has 0 saturated heterocycles. The molecule has 2 aromatic heterocycles. The Morgan fingerprint density at radius 1 is 1.23 bits per heavy atom. The van der Waals surface area contributed by atoms with Crippen LogP contribution in [0.15, 0.2) is 41.3 Å². The van der Waals surface area contributed by atoms with E-state index in [0.717, 1.165) is 47.5 Å². The molecule has 0 spiro atoms. The molecule has 1 aliphatic heterocycles. The summed E-state index contributed by atoms with van der Waals surface area (Å²) >= 11 is 0. The second-order valence-corrected chi connectivity index (χ2v) is 8.09. The molecular weight excluding hydrogens is 324 g/mol. The summed E-state index contributed by atoms with van der Waals surface area (Å²) in [5.74, 6) is 0.772. The minimum atomic E-state index is -0.151. The van der Waals surface area contributed by atoms with Crippen LogP contribution in [0.1, 0.15) is 43.4 Å². The van der Waals surface area contributed by atoms with Crippen LogP contribution in [0.25, 0.3) is 10.9 Å². The van der Waals surface area contributed by atoms with Crippen LogP contribution >= 0.6 is 0 Å². The van der Waals surface area contributed by atoms with Gasteiger partial charge in [-0.3, -0.25) is 14.7 Å². The van der Waals surface area contributed by atoms with Crippen molar-refractivity contribution in [2.45, 2.75) is 45.7 Å². The van der Waals surface area contributed by atoms with Crippen molar-refractivity contribution in [2.24, 2.45) is 0 Å². The predicted octanol–water partition coefficient (Wildman–Crippen LogP) is 3.17. The second-order valence-electron chi connectivity index (χ2n) is 8.09. The Morgan fingerprint density at radius 2 is 2.04 bits per heavy atom. The zero-order valence-electron chi connectivity index (χ0n) is 15.5. The Labute approximate surface area is 153 Å². The topological polar surface area (TPSA) is 61.9 Å². The lowest BCUT2D eigenvalue weighted by molar-refractivity contribution is 0.241. The lowest BCUT2D eigenvalue weighted by atomic mass is 9.95. The van der Waals surface area contributed by atoms with E-state index in [1.165, 1.54) is 5.56 Å². The van der Waals surface area contributed by atoms with Crippen LogP contribution in [0.3, 0.4) is 0 Å². The van der Waals surface area contributed by atoms with Crippen LogP contribution in [0, 0.1) is 0 Å². The summed E-state index contributed by atoms with van der Waals surface area (Å²) in [5, 5.41) is 1.15. The number of nitrogens with one attached hydrogen (secondary N) is 1. The van der Waals surface area contributed by atoms with E-state index >= 15 is 0 Å².